The molecule has 0 aliphatic heterocycles. The first-order valence-corrected chi connectivity index (χ1v) is 14.8. The first-order valence-electron chi connectivity index (χ1n) is 11.7. The van der Waals surface area contributed by atoms with Crippen molar-refractivity contribution >= 4 is 41.2 Å². The molecule has 0 aliphatic rings. The van der Waals surface area contributed by atoms with Crippen molar-refractivity contribution in [2.45, 2.75) is 59.8 Å². The summed E-state index contributed by atoms with van der Waals surface area (Å²) in [5, 5.41) is 2.47. The van der Waals surface area contributed by atoms with E-state index in [1.165, 1.54) is 0 Å². The average Bonchev–Trinajstić information content (AvgIpc) is 2.85. The molecule has 0 amide bonds. The lowest BCUT2D eigenvalue weighted by atomic mass is 10.1. The van der Waals surface area contributed by atoms with Crippen molar-refractivity contribution in [2.24, 2.45) is 0 Å². The summed E-state index contributed by atoms with van der Waals surface area (Å²) in [5.74, 6) is 0. The fourth-order valence-electron chi connectivity index (χ4n) is 4.60. The second-order valence-corrected chi connectivity index (χ2v) is 13.2. The highest BCUT2D eigenvalue weighted by atomic mass is 32.2. The van der Waals surface area contributed by atoms with Crippen LogP contribution in [0.1, 0.15) is 39.5 Å². The first kappa shape index (κ1) is 24.4. The lowest BCUT2D eigenvalue weighted by Crippen LogP contribution is -2.26. The second-order valence-electron chi connectivity index (χ2n) is 8.75. The minimum Gasteiger partial charge on any atom is -0.223 e. The van der Waals surface area contributed by atoms with Gasteiger partial charge >= 0.3 is 0 Å². The topological polar surface area (TPSA) is 68.3 Å². The molecule has 4 rings (SSSR count). The summed E-state index contributed by atoms with van der Waals surface area (Å²) in [4.78, 5) is 0.590. The maximum Gasteiger partial charge on any atom is 0.181 e. The zero-order valence-electron chi connectivity index (χ0n) is 19.5. The van der Waals surface area contributed by atoms with E-state index >= 15 is 0 Å². The van der Waals surface area contributed by atoms with Crippen LogP contribution in [-0.2, 0) is 19.7 Å². The Morgan fingerprint density at radius 3 is 1.24 bits per heavy atom. The molecule has 0 heterocycles. The third kappa shape index (κ3) is 4.75. The SMILES string of the molecule is CCC(CCC(CC)S(=O)(=O)c1ccc2ccccc2c1)S(=O)(=O)c1ccc2ccccc2c1. The normalized spacial score (nSPS) is 14.3. The third-order valence-corrected chi connectivity index (χ3v) is 11.4. The minimum atomic E-state index is -3.58. The monoisotopic (exact) mass is 494 g/mol. The zero-order valence-corrected chi connectivity index (χ0v) is 21.1. The molecule has 0 aromatic heterocycles. The number of sulfone groups is 2. The Labute approximate surface area is 202 Å². The lowest BCUT2D eigenvalue weighted by molar-refractivity contribution is 0.535. The van der Waals surface area contributed by atoms with E-state index in [2.05, 4.69) is 0 Å². The van der Waals surface area contributed by atoms with Gasteiger partial charge in [0.15, 0.2) is 19.7 Å². The molecule has 34 heavy (non-hydrogen) atoms. The van der Waals surface area contributed by atoms with Gasteiger partial charge in [0.25, 0.3) is 0 Å². The molecule has 0 fully saturated rings. The van der Waals surface area contributed by atoms with Crippen molar-refractivity contribution in [3.63, 3.8) is 0 Å². The average molecular weight is 495 g/mol. The van der Waals surface area contributed by atoms with Crippen LogP contribution in [0.5, 0.6) is 0 Å². The molecule has 0 spiro atoms. The molecule has 4 aromatic carbocycles. The highest BCUT2D eigenvalue weighted by Gasteiger charge is 2.31. The fraction of sp³-hybridized carbons (Fsp3) is 0.286. The van der Waals surface area contributed by atoms with Crippen LogP contribution < -0.4 is 0 Å². The highest BCUT2D eigenvalue weighted by Crippen LogP contribution is 2.30. The summed E-state index contributed by atoms with van der Waals surface area (Å²) < 4.78 is 53.7. The van der Waals surface area contributed by atoms with Crippen molar-refractivity contribution < 1.29 is 16.8 Å². The third-order valence-electron chi connectivity index (χ3n) is 6.70. The van der Waals surface area contributed by atoms with Crippen molar-refractivity contribution in [3.05, 3.63) is 84.9 Å². The van der Waals surface area contributed by atoms with Crippen LogP contribution in [0, 0.1) is 0 Å². The predicted octanol–water partition coefficient (Wildman–Crippen LogP) is 6.58. The van der Waals surface area contributed by atoms with Gasteiger partial charge < -0.3 is 0 Å². The van der Waals surface area contributed by atoms with Crippen molar-refractivity contribution in [1.82, 2.24) is 0 Å². The number of fused-ring (bicyclic) bond motifs is 2. The Morgan fingerprint density at radius 1 is 0.529 bits per heavy atom. The molecule has 2 atom stereocenters. The fourth-order valence-corrected chi connectivity index (χ4v) is 8.24. The van der Waals surface area contributed by atoms with Crippen LogP contribution in [0.3, 0.4) is 0 Å². The molecular formula is C28H30O4S2. The van der Waals surface area contributed by atoms with E-state index in [0.29, 0.717) is 35.5 Å². The zero-order chi connectivity index (χ0) is 24.3. The van der Waals surface area contributed by atoms with Gasteiger partial charge in [0.1, 0.15) is 0 Å². The van der Waals surface area contributed by atoms with Gasteiger partial charge in [-0.3, -0.25) is 0 Å². The molecule has 0 aliphatic carbocycles. The largest absolute Gasteiger partial charge is 0.223 e. The Kier molecular flexibility index (Phi) is 7.10. The van der Waals surface area contributed by atoms with Gasteiger partial charge in [-0.15, -0.1) is 0 Å². The van der Waals surface area contributed by atoms with Gasteiger partial charge in [-0.1, -0.05) is 74.5 Å². The summed E-state index contributed by atoms with van der Waals surface area (Å²) in [6, 6.07) is 25.7. The number of hydrogen-bond acceptors (Lipinski definition) is 4. The molecule has 0 bridgehead atoms. The van der Waals surface area contributed by atoms with E-state index in [1.54, 1.807) is 24.3 Å². The van der Waals surface area contributed by atoms with Gasteiger partial charge in [0, 0.05) is 0 Å². The standard InChI is InChI=1S/C28H30O4S2/c1-3-25(33(29,30)27-15-13-21-9-5-7-11-23(21)19-27)17-18-26(4-2)34(31,32)28-16-14-22-10-6-8-12-24(22)20-28/h5-16,19-20,25-26H,3-4,17-18H2,1-2H3. The Bertz CT molecular complexity index is 1410. The van der Waals surface area contributed by atoms with Crippen LogP contribution in [0.4, 0.5) is 0 Å². The summed E-state index contributed by atoms with van der Waals surface area (Å²) in [5.41, 5.74) is 0. The van der Waals surface area contributed by atoms with Gasteiger partial charge in [0.05, 0.1) is 20.3 Å². The van der Waals surface area contributed by atoms with E-state index in [-0.39, 0.29) is 0 Å². The Hall–Kier alpha value is -2.70. The molecule has 4 nitrogen and oxygen atoms in total. The van der Waals surface area contributed by atoms with E-state index in [1.807, 2.05) is 74.5 Å². The second kappa shape index (κ2) is 9.88. The molecule has 0 N–H and O–H groups in total. The summed E-state index contributed by atoms with van der Waals surface area (Å²) in [6.45, 7) is 3.70. The smallest absolute Gasteiger partial charge is 0.181 e. The van der Waals surface area contributed by atoms with Gasteiger partial charge in [-0.05, 0) is 71.5 Å². The number of benzene rings is 4. The highest BCUT2D eigenvalue weighted by molar-refractivity contribution is 7.92. The minimum absolute atomic E-state index is 0.295. The van der Waals surface area contributed by atoms with Crippen LogP contribution in [0.2, 0.25) is 0 Å². The maximum atomic E-state index is 13.4. The molecule has 178 valence electrons. The molecule has 2 unspecified atom stereocenters. The van der Waals surface area contributed by atoms with Crippen molar-refractivity contribution in [3.8, 4) is 0 Å². The quantitative estimate of drug-likeness (QED) is 0.264. The van der Waals surface area contributed by atoms with Crippen LogP contribution in [0.25, 0.3) is 21.5 Å². The summed E-state index contributed by atoms with van der Waals surface area (Å²) in [7, 11) is -7.16. The first-order chi connectivity index (χ1) is 16.3. The Balaban J connectivity index is 1.57. The van der Waals surface area contributed by atoms with E-state index in [9.17, 15) is 16.8 Å². The molecular weight excluding hydrogens is 464 g/mol. The summed E-state index contributed by atoms with van der Waals surface area (Å²) >= 11 is 0. The number of rotatable bonds is 9. The predicted molar refractivity (Wildman–Crippen MR) is 140 cm³/mol. The molecule has 6 heteroatoms. The lowest BCUT2D eigenvalue weighted by Gasteiger charge is -2.21. The van der Waals surface area contributed by atoms with E-state index in [0.717, 1.165) is 21.5 Å². The molecule has 0 saturated heterocycles. The van der Waals surface area contributed by atoms with E-state index < -0.39 is 30.2 Å². The van der Waals surface area contributed by atoms with Crippen LogP contribution in [0.15, 0.2) is 94.7 Å². The molecule has 4 aromatic rings. The van der Waals surface area contributed by atoms with Crippen molar-refractivity contribution in [2.75, 3.05) is 0 Å². The van der Waals surface area contributed by atoms with Crippen molar-refractivity contribution in [1.29, 1.82) is 0 Å². The summed E-state index contributed by atoms with van der Waals surface area (Å²) in [6.07, 6.45) is 1.47. The van der Waals surface area contributed by atoms with Crippen LogP contribution in [-0.4, -0.2) is 27.3 Å². The van der Waals surface area contributed by atoms with Gasteiger partial charge in [0.2, 0.25) is 0 Å². The van der Waals surface area contributed by atoms with E-state index in [4.69, 9.17) is 0 Å². The number of hydrogen-bond donors (Lipinski definition) is 0. The Morgan fingerprint density at radius 2 is 0.882 bits per heavy atom. The molecule has 0 saturated carbocycles. The van der Waals surface area contributed by atoms with Gasteiger partial charge in [-0.2, -0.15) is 0 Å². The van der Waals surface area contributed by atoms with Gasteiger partial charge in [-0.25, -0.2) is 16.8 Å². The molecule has 0 radical (unpaired) electrons. The maximum absolute atomic E-state index is 13.4. The van der Waals surface area contributed by atoms with Crippen LogP contribution >= 0.6 is 0 Å².